The first-order valence-corrected chi connectivity index (χ1v) is 8.65. The van der Waals surface area contributed by atoms with Gasteiger partial charge in [-0.3, -0.25) is 0 Å². The van der Waals surface area contributed by atoms with E-state index in [0.717, 1.165) is 16.7 Å². The Labute approximate surface area is 148 Å². The van der Waals surface area contributed by atoms with Crippen LogP contribution < -0.4 is 0 Å². The van der Waals surface area contributed by atoms with E-state index in [9.17, 15) is 0 Å². The number of halogens is 1. The summed E-state index contributed by atoms with van der Waals surface area (Å²) in [5, 5.41) is 0.650. The maximum atomic E-state index is 6.32. The highest BCUT2D eigenvalue weighted by Crippen LogP contribution is 2.38. The van der Waals surface area contributed by atoms with Crippen LogP contribution in [0.3, 0.4) is 0 Å². The minimum Gasteiger partial charge on any atom is -0.436 e. The second kappa shape index (κ2) is 5.63. The zero-order chi connectivity index (χ0) is 17.7. The van der Waals surface area contributed by atoms with Crippen molar-refractivity contribution in [1.82, 2.24) is 4.98 Å². The summed E-state index contributed by atoms with van der Waals surface area (Å²) in [4.78, 5) is 4.74. The standard InChI is InChI=1S/C21H24ClNO/c1-20(2,3)13-11-15(21(4,5)6)18-17(12-13)23-19(24-18)14-9-7-8-10-16(14)22/h7-12H,1-6H3. The molecule has 0 bridgehead atoms. The van der Waals surface area contributed by atoms with Crippen LogP contribution in [0.15, 0.2) is 40.8 Å². The molecule has 3 aromatic rings. The van der Waals surface area contributed by atoms with Crippen LogP contribution in [0.2, 0.25) is 5.02 Å². The summed E-state index contributed by atoms with van der Waals surface area (Å²) >= 11 is 6.32. The lowest BCUT2D eigenvalue weighted by molar-refractivity contribution is 0.552. The van der Waals surface area contributed by atoms with E-state index < -0.39 is 0 Å². The maximum absolute atomic E-state index is 6.32. The van der Waals surface area contributed by atoms with Crippen molar-refractivity contribution in [1.29, 1.82) is 0 Å². The van der Waals surface area contributed by atoms with Gasteiger partial charge in [-0.2, -0.15) is 0 Å². The van der Waals surface area contributed by atoms with Crippen molar-refractivity contribution >= 4 is 22.7 Å². The molecule has 0 saturated carbocycles. The van der Waals surface area contributed by atoms with Gasteiger partial charge in [-0.1, -0.05) is 71.3 Å². The number of fused-ring (bicyclic) bond motifs is 1. The molecule has 0 saturated heterocycles. The zero-order valence-corrected chi connectivity index (χ0v) is 16.0. The van der Waals surface area contributed by atoms with E-state index >= 15 is 0 Å². The lowest BCUT2D eigenvalue weighted by atomic mass is 9.80. The molecule has 0 fully saturated rings. The number of nitrogens with zero attached hydrogens (tertiary/aromatic N) is 1. The van der Waals surface area contributed by atoms with Gasteiger partial charge in [0.25, 0.3) is 0 Å². The molecule has 0 aliphatic rings. The normalized spacial score (nSPS) is 12.8. The third-order valence-electron chi connectivity index (χ3n) is 4.27. The molecular weight excluding hydrogens is 318 g/mol. The topological polar surface area (TPSA) is 26.0 Å². The van der Waals surface area contributed by atoms with E-state index in [-0.39, 0.29) is 10.8 Å². The average molecular weight is 342 g/mol. The summed E-state index contributed by atoms with van der Waals surface area (Å²) in [5.74, 6) is 0.576. The highest BCUT2D eigenvalue weighted by Gasteiger charge is 2.25. The summed E-state index contributed by atoms with van der Waals surface area (Å²) < 4.78 is 6.16. The molecule has 1 heterocycles. The van der Waals surface area contributed by atoms with Crippen LogP contribution in [0.25, 0.3) is 22.6 Å². The van der Waals surface area contributed by atoms with Crippen LogP contribution in [-0.4, -0.2) is 4.98 Å². The van der Waals surface area contributed by atoms with Crippen LogP contribution in [0.5, 0.6) is 0 Å². The van der Waals surface area contributed by atoms with Gasteiger partial charge in [-0.05, 0) is 34.6 Å². The molecule has 0 unspecified atom stereocenters. The summed E-state index contributed by atoms with van der Waals surface area (Å²) in [6, 6.07) is 12.0. The van der Waals surface area contributed by atoms with Crippen LogP contribution >= 0.6 is 11.6 Å². The van der Waals surface area contributed by atoms with Gasteiger partial charge in [0.05, 0.1) is 10.6 Å². The van der Waals surface area contributed by atoms with E-state index in [1.807, 2.05) is 24.3 Å². The SMILES string of the molecule is CC(C)(C)c1cc(C(C)(C)C)c2oc(-c3ccccc3Cl)nc2c1. The molecule has 1 aromatic heterocycles. The van der Waals surface area contributed by atoms with Gasteiger partial charge in [0.15, 0.2) is 5.58 Å². The van der Waals surface area contributed by atoms with Crippen molar-refractivity contribution < 1.29 is 4.42 Å². The number of hydrogen-bond acceptors (Lipinski definition) is 2. The predicted octanol–water partition coefficient (Wildman–Crippen LogP) is 6.74. The first kappa shape index (κ1) is 17.0. The second-order valence-electron chi connectivity index (χ2n) is 8.37. The van der Waals surface area contributed by atoms with Crippen molar-refractivity contribution in [3.05, 3.63) is 52.5 Å². The predicted molar refractivity (Wildman–Crippen MR) is 102 cm³/mol. The third-order valence-corrected chi connectivity index (χ3v) is 4.60. The Bertz CT molecular complexity index is 894. The second-order valence-corrected chi connectivity index (χ2v) is 8.78. The van der Waals surface area contributed by atoms with Gasteiger partial charge in [0, 0.05) is 5.56 Å². The smallest absolute Gasteiger partial charge is 0.228 e. The summed E-state index contributed by atoms with van der Waals surface area (Å²) in [7, 11) is 0. The van der Waals surface area contributed by atoms with Gasteiger partial charge in [0.1, 0.15) is 5.52 Å². The Balaban J connectivity index is 2.31. The Hall–Kier alpha value is -1.80. The lowest BCUT2D eigenvalue weighted by Gasteiger charge is -2.24. The van der Waals surface area contributed by atoms with Crippen molar-refractivity contribution in [2.45, 2.75) is 52.4 Å². The van der Waals surface area contributed by atoms with Gasteiger partial charge in [-0.15, -0.1) is 0 Å². The summed E-state index contributed by atoms with van der Waals surface area (Å²) in [6.45, 7) is 13.3. The molecule has 0 atom stereocenters. The largest absolute Gasteiger partial charge is 0.436 e. The minimum atomic E-state index is -0.0310. The van der Waals surface area contributed by atoms with E-state index in [1.54, 1.807) is 0 Å². The van der Waals surface area contributed by atoms with Crippen molar-refractivity contribution in [2.24, 2.45) is 0 Å². The molecule has 0 amide bonds. The Morgan fingerprint density at radius 2 is 1.58 bits per heavy atom. The molecule has 3 heteroatoms. The Morgan fingerprint density at radius 1 is 0.917 bits per heavy atom. The summed E-state index contributed by atoms with van der Waals surface area (Å²) in [6.07, 6.45) is 0. The highest BCUT2D eigenvalue weighted by atomic mass is 35.5. The molecule has 2 aromatic carbocycles. The number of benzene rings is 2. The third kappa shape index (κ3) is 3.08. The monoisotopic (exact) mass is 341 g/mol. The van der Waals surface area contributed by atoms with Crippen molar-refractivity contribution in [2.75, 3.05) is 0 Å². The quantitative estimate of drug-likeness (QED) is 0.489. The van der Waals surface area contributed by atoms with Crippen molar-refractivity contribution in [3.8, 4) is 11.5 Å². The fourth-order valence-electron chi connectivity index (χ4n) is 2.77. The Morgan fingerprint density at radius 3 is 2.17 bits per heavy atom. The van der Waals surface area contributed by atoms with Crippen LogP contribution in [0, 0.1) is 0 Å². The van der Waals surface area contributed by atoms with E-state index in [0.29, 0.717) is 10.9 Å². The molecule has 0 spiro atoms. The van der Waals surface area contributed by atoms with E-state index in [2.05, 4.69) is 53.7 Å². The van der Waals surface area contributed by atoms with Gasteiger partial charge >= 0.3 is 0 Å². The highest BCUT2D eigenvalue weighted by molar-refractivity contribution is 6.33. The van der Waals surface area contributed by atoms with E-state index in [1.165, 1.54) is 11.1 Å². The minimum absolute atomic E-state index is 0.0310. The first-order valence-electron chi connectivity index (χ1n) is 8.28. The molecule has 24 heavy (non-hydrogen) atoms. The van der Waals surface area contributed by atoms with Crippen LogP contribution in [-0.2, 0) is 10.8 Å². The van der Waals surface area contributed by atoms with Crippen LogP contribution in [0.4, 0.5) is 0 Å². The number of oxazole rings is 1. The summed E-state index contributed by atoms with van der Waals surface area (Å²) in [5.41, 5.74) is 5.03. The number of rotatable bonds is 1. The molecule has 0 aliphatic carbocycles. The lowest BCUT2D eigenvalue weighted by Crippen LogP contribution is -2.16. The van der Waals surface area contributed by atoms with Gasteiger partial charge in [0.2, 0.25) is 5.89 Å². The molecular formula is C21H24ClNO. The molecule has 3 rings (SSSR count). The van der Waals surface area contributed by atoms with Crippen LogP contribution in [0.1, 0.15) is 52.7 Å². The molecule has 2 nitrogen and oxygen atoms in total. The Kier molecular flexibility index (Phi) is 4.00. The first-order chi connectivity index (χ1) is 11.1. The molecule has 0 aliphatic heterocycles. The van der Waals surface area contributed by atoms with E-state index in [4.69, 9.17) is 21.0 Å². The fourth-order valence-corrected chi connectivity index (χ4v) is 2.99. The fraction of sp³-hybridized carbons (Fsp3) is 0.381. The number of hydrogen-bond donors (Lipinski definition) is 0. The van der Waals surface area contributed by atoms with Gasteiger partial charge in [-0.25, -0.2) is 4.98 Å². The maximum Gasteiger partial charge on any atom is 0.228 e. The molecule has 126 valence electrons. The zero-order valence-electron chi connectivity index (χ0n) is 15.2. The number of aromatic nitrogens is 1. The molecule has 0 N–H and O–H groups in total. The molecule has 0 radical (unpaired) electrons. The van der Waals surface area contributed by atoms with Crippen molar-refractivity contribution in [3.63, 3.8) is 0 Å². The average Bonchev–Trinajstić information content (AvgIpc) is 2.88. The van der Waals surface area contributed by atoms with Gasteiger partial charge < -0.3 is 4.42 Å².